The van der Waals surface area contributed by atoms with Gasteiger partial charge in [-0.05, 0) is 83.5 Å². The summed E-state index contributed by atoms with van der Waals surface area (Å²) < 4.78 is 23.0. The molecule has 0 rings (SSSR count). The Hall–Kier alpha value is -3.27. The van der Waals surface area contributed by atoms with E-state index < -0.39 is 18.4 Å². The van der Waals surface area contributed by atoms with Crippen LogP contribution in [0.15, 0.2) is 72.9 Å². The number of hydrogen-bond acceptors (Lipinski definition) is 7. The molecule has 0 saturated carbocycles. The summed E-state index contributed by atoms with van der Waals surface area (Å²) in [5.41, 5.74) is 0. The molecule has 0 saturated heterocycles. The highest BCUT2D eigenvalue weighted by Crippen LogP contribution is 2.18. The number of nitrogens with zero attached hydrogens (tertiary/aromatic N) is 1. The predicted octanol–water partition coefficient (Wildman–Crippen LogP) is 22.5. The number of aliphatic carboxylic acids is 1. The molecule has 0 aliphatic carbocycles. The Morgan fingerprint density at radius 2 is 0.671 bits per heavy atom. The van der Waals surface area contributed by atoms with Crippen molar-refractivity contribution in [2.24, 2.45) is 0 Å². The maximum atomic E-state index is 13.0. The summed E-state index contributed by atoms with van der Waals surface area (Å²) in [6, 6.07) is 0. The average Bonchev–Trinajstić information content (AvgIpc) is 3.48. The van der Waals surface area contributed by atoms with Crippen LogP contribution >= 0.6 is 0 Å². The van der Waals surface area contributed by atoms with Gasteiger partial charge in [-0.15, -0.1) is 0 Å². The molecule has 0 spiro atoms. The van der Waals surface area contributed by atoms with Gasteiger partial charge in [-0.1, -0.05) is 311 Å². The second kappa shape index (κ2) is 66.7. The second-order valence-electron chi connectivity index (χ2n) is 25.5. The first-order chi connectivity index (χ1) is 41.6. The standard InChI is InChI=1S/C76H137NO8/c1-6-8-10-12-14-16-18-20-22-24-26-28-30-32-34-36-37-39-40-42-44-46-48-50-52-54-56-58-60-62-64-66-73(78)83-70-72(71-84-76(75(80)81)82-69-68-77(3,4)5)85-74(79)67-65-63-61-59-57-55-53-51-49-47-45-43-41-38-35-33-31-29-27-25-23-21-19-17-15-13-11-9-7-2/h9,11,15,17-18,20-21,23-24,26-27,29,72,76H,6-8,10,12-14,16,19,22,25,28,30-71H2,1-5H3/p+1/b11-9-,17-15-,20-18-,23-21-,26-24-,29-27-. The van der Waals surface area contributed by atoms with Crippen molar-refractivity contribution in [3.05, 3.63) is 72.9 Å². The van der Waals surface area contributed by atoms with E-state index in [2.05, 4.69) is 86.8 Å². The average molecular weight is 1190 g/mol. The maximum absolute atomic E-state index is 13.0. The van der Waals surface area contributed by atoms with Gasteiger partial charge in [0, 0.05) is 12.8 Å². The molecule has 0 fully saturated rings. The number of ether oxygens (including phenoxy) is 4. The Labute approximate surface area is 526 Å². The van der Waals surface area contributed by atoms with Crippen LogP contribution in [0.25, 0.3) is 0 Å². The van der Waals surface area contributed by atoms with Gasteiger partial charge in [0.05, 0.1) is 34.4 Å². The molecule has 0 radical (unpaired) electrons. The molecule has 1 N–H and O–H groups in total. The number of unbranched alkanes of at least 4 members (excludes halogenated alkanes) is 40. The van der Waals surface area contributed by atoms with E-state index in [0.29, 0.717) is 17.4 Å². The zero-order chi connectivity index (χ0) is 61.9. The lowest BCUT2D eigenvalue weighted by Gasteiger charge is -2.25. The summed E-state index contributed by atoms with van der Waals surface area (Å²) in [7, 11) is 5.99. The summed E-state index contributed by atoms with van der Waals surface area (Å²) in [6.07, 6.45) is 85.9. The lowest BCUT2D eigenvalue weighted by atomic mass is 10.0. The molecule has 0 aromatic rings. The zero-order valence-corrected chi connectivity index (χ0v) is 56.5. The van der Waals surface area contributed by atoms with Crippen LogP contribution in [0.2, 0.25) is 0 Å². The monoisotopic (exact) mass is 1190 g/mol. The first-order valence-electron chi connectivity index (χ1n) is 36.1. The molecule has 0 aromatic carbocycles. The first-order valence-corrected chi connectivity index (χ1v) is 36.1. The van der Waals surface area contributed by atoms with E-state index in [9.17, 15) is 19.5 Å². The van der Waals surface area contributed by atoms with Crippen LogP contribution in [0.4, 0.5) is 0 Å². The van der Waals surface area contributed by atoms with Gasteiger partial charge in [0.15, 0.2) is 6.10 Å². The molecule has 494 valence electrons. The van der Waals surface area contributed by atoms with Crippen molar-refractivity contribution in [2.45, 2.75) is 347 Å². The van der Waals surface area contributed by atoms with Crippen molar-refractivity contribution < 1.29 is 42.9 Å². The van der Waals surface area contributed by atoms with E-state index in [4.69, 9.17) is 18.9 Å². The molecule has 0 aliphatic heterocycles. The normalized spacial score (nSPS) is 13.1. The first kappa shape index (κ1) is 81.7. The van der Waals surface area contributed by atoms with Crippen molar-refractivity contribution in [2.75, 3.05) is 47.5 Å². The molecule has 0 aliphatic rings. The van der Waals surface area contributed by atoms with Crippen LogP contribution in [0.1, 0.15) is 335 Å². The smallest absolute Gasteiger partial charge is 0.361 e. The van der Waals surface area contributed by atoms with E-state index in [0.717, 1.165) is 70.6 Å². The number of hydrogen-bond donors (Lipinski definition) is 1. The number of quaternary nitrogens is 1. The van der Waals surface area contributed by atoms with Crippen LogP contribution < -0.4 is 0 Å². The molecule has 0 bridgehead atoms. The fourth-order valence-electron chi connectivity index (χ4n) is 10.5. The topological polar surface area (TPSA) is 108 Å². The number of likely N-dealkylation sites (N-methyl/N-ethyl adjacent to an activating group) is 1. The molecule has 0 aromatic heterocycles. The van der Waals surface area contributed by atoms with E-state index in [1.54, 1.807) is 0 Å². The van der Waals surface area contributed by atoms with Crippen LogP contribution in [-0.2, 0) is 33.3 Å². The van der Waals surface area contributed by atoms with E-state index in [1.807, 2.05) is 21.1 Å². The van der Waals surface area contributed by atoms with Gasteiger partial charge >= 0.3 is 17.9 Å². The summed E-state index contributed by atoms with van der Waals surface area (Å²) in [6.45, 7) is 4.80. The van der Waals surface area contributed by atoms with E-state index >= 15 is 0 Å². The van der Waals surface area contributed by atoms with Gasteiger partial charge in [-0.25, -0.2) is 4.79 Å². The quantitative estimate of drug-likeness (QED) is 0.0211. The van der Waals surface area contributed by atoms with Crippen molar-refractivity contribution in [1.82, 2.24) is 0 Å². The lowest BCUT2D eigenvalue weighted by Crippen LogP contribution is -2.40. The van der Waals surface area contributed by atoms with E-state index in [-0.39, 0.29) is 38.2 Å². The predicted molar refractivity (Wildman–Crippen MR) is 364 cm³/mol. The minimum Gasteiger partial charge on any atom is -0.477 e. The highest BCUT2D eigenvalue weighted by atomic mass is 16.7. The van der Waals surface area contributed by atoms with Crippen LogP contribution in [0.5, 0.6) is 0 Å². The van der Waals surface area contributed by atoms with Crippen LogP contribution in [0.3, 0.4) is 0 Å². The highest BCUT2D eigenvalue weighted by Gasteiger charge is 2.25. The molecule has 9 heteroatoms. The highest BCUT2D eigenvalue weighted by molar-refractivity contribution is 5.71. The molecular formula is C76H138NO8+. The van der Waals surface area contributed by atoms with Gasteiger partial charge in [0.2, 0.25) is 0 Å². The molecule has 85 heavy (non-hydrogen) atoms. The summed E-state index contributed by atoms with van der Waals surface area (Å²) in [4.78, 5) is 37.7. The number of carboxylic acid groups (broad SMARTS) is 1. The number of carboxylic acids is 1. The zero-order valence-electron chi connectivity index (χ0n) is 56.5. The van der Waals surface area contributed by atoms with Crippen molar-refractivity contribution >= 4 is 17.9 Å². The third-order valence-electron chi connectivity index (χ3n) is 15.9. The number of carbonyl (C=O) groups excluding carboxylic acids is 2. The van der Waals surface area contributed by atoms with Gasteiger partial charge < -0.3 is 28.5 Å². The summed E-state index contributed by atoms with van der Waals surface area (Å²) in [5.74, 6) is -1.99. The Morgan fingerprint density at radius 1 is 0.365 bits per heavy atom. The summed E-state index contributed by atoms with van der Waals surface area (Å²) in [5, 5.41) is 9.75. The Balaban J connectivity index is 4.06. The van der Waals surface area contributed by atoms with E-state index in [1.165, 1.54) is 238 Å². The molecule has 2 atom stereocenters. The second-order valence-corrected chi connectivity index (χ2v) is 25.5. The largest absolute Gasteiger partial charge is 0.477 e. The Bertz CT molecular complexity index is 1620. The molecule has 2 unspecified atom stereocenters. The minimum atomic E-state index is -1.51. The van der Waals surface area contributed by atoms with Crippen molar-refractivity contribution in [1.29, 1.82) is 0 Å². The third kappa shape index (κ3) is 68.1. The number of rotatable bonds is 67. The SMILES string of the molecule is CC/C=C\C/C=C\C/C=C\C/C=C\CCCCCCCCCCCCCCCCCCC(=O)OC(COC(=O)CCCCCCCCCCCCCCCCCCCCC/C=C\C/C=C\CCCCCCC)COC(OCC[N+](C)(C)C)C(=O)O. The Kier molecular flexibility index (Phi) is 64.1. The molecule has 0 amide bonds. The molecular weight excluding hydrogens is 1050 g/mol. The molecule has 9 nitrogen and oxygen atoms in total. The maximum Gasteiger partial charge on any atom is 0.361 e. The van der Waals surface area contributed by atoms with Crippen molar-refractivity contribution in [3.8, 4) is 0 Å². The van der Waals surface area contributed by atoms with Gasteiger partial charge in [-0.3, -0.25) is 9.59 Å². The molecule has 0 heterocycles. The third-order valence-corrected chi connectivity index (χ3v) is 15.9. The number of carbonyl (C=O) groups is 3. The number of esters is 2. The fourth-order valence-corrected chi connectivity index (χ4v) is 10.5. The Morgan fingerprint density at radius 3 is 1.00 bits per heavy atom. The number of allylic oxidation sites excluding steroid dienone is 12. The van der Waals surface area contributed by atoms with Crippen LogP contribution in [0, 0.1) is 0 Å². The van der Waals surface area contributed by atoms with Gasteiger partial charge in [0.1, 0.15) is 13.2 Å². The van der Waals surface area contributed by atoms with Gasteiger partial charge in [-0.2, -0.15) is 0 Å². The van der Waals surface area contributed by atoms with Crippen molar-refractivity contribution in [3.63, 3.8) is 0 Å². The lowest BCUT2D eigenvalue weighted by molar-refractivity contribution is -0.870. The van der Waals surface area contributed by atoms with Gasteiger partial charge in [0.25, 0.3) is 6.29 Å². The van der Waals surface area contributed by atoms with Crippen LogP contribution in [-0.4, -0.2) is 87.4 Å². The summed E-state index contributed by atoms with van der Waals surface area (Å²) >= 11 is 0. The fraction of sp³-hybridized carbons (Fsp3) is 0.803. The minimum absolute atomic E-state index is 0.180.